The number of ether oxygens (including phenoxy) is 2. The smallest absolute Gasteiger partial charge is 0.156 e. The summed E-state index contributed by atoms with van der Waals surface area (Å²) < 4.78 is 11.0. The van der Waals surface area contributed by atoms with E-state index in [0.29, 0.717) is 0 Å². The van der Waals surface area contributed by atoms with E-state index in [4.69, 9.17) is 9.47 Å². The molecule has 131 valence electrons. The zero-order chi connectivity index (χ0) is 18.4. The monoisotopic (exact) mass is 367 g/mol. The van der Waals surface area contributed by atoms with Crippen molar-refractivity contribution in [2.45, 2.75) is 0 Å². The van der Waals surface area contributed by atoms with Gasteiger partial charge in [0.15, 0.2) is 8.80 Å². The summed E-state index contributed by atoms with van der Waals surface area (Å²) in [7, 11) is 2.36. The third-order valence-electron chi connectivity index (χ3n) is 5.34. The first-order valence-corrected chi connectivity index (χ1v) is 10.5. The lowest BCUT2D eigenvalue weighted by Gasteiger charge is -2.15. The molecule has 0 atom stereocenters. The highest BCUT2D eigenvalue weighted by Crippen LogP contribution is 2.30. The van der Waals surface area contributed by atoms with E-state index < -0.39 is 8.80 Å². The summed E-state index contributed by atoms with van der Waals surface area (Å²) in [5.74, 6) is 1.78. The summed E-state index contributed by atoms with van der Waals surface area (Å²) in [4.78, 5) is 0. The fourth-order valence-corrected chi connectivity index (χ4v) is 7.14. The van der Waals surface area contributed by atoms with Gasteiger partial charge in [-0.25, -0.2) is 0 Å². The highest BCUT2D eigenvalue weighted by Gasteiger charge is 2.33. The Kier molecular flexibility index (Phi) is 3.76. The Labute approximate surface area is 160 Å². The van der Waals surface area contributed by atoms with E-state index in [2.05, 4.69) is 78.9 Å². The average Bonchev–Trinajstić information content (AvgIpc) is 3.05. The topological polar surface area (TPSA) is 18.5 Å². The van der Waals surface area contributed by atoms with Crippen LogP contribution in [0.25, 0.3) is 21.9 Å². The molecule has 1 aliphatic heterocycles. The minimum Gasteiger partial charge on any atom is -0.497 e. The molecule has 1 radical (unpaired) electrons. The molecule has 0 amide bonds. The van der Waals surface area contributed by atoms with Crippen LogP contribution < -0.4 is 25.0 Å². The molecule has 0 bridgehead atoms. The van der Waals surface area contributed by atoms with Crippen molar-refractivity contribution in [1.29, 1.82) is 0 Å². The van der Waals surface area contributed by atoms with Crippen molar-refractivity contribution in [3.63, 3.8) is 0 Å². The minimum atomic E-state index is -1.09. The molecule has 0 aromatic heterocycles. The zero-order valence-electron chi connectivity index (χ0n) is 15.3. The first-order valence-electron chi connectivity index (χ1n) is 9.02. The van der Waals surface area contributed by atoms with Crippen molar-refractivity contribution < 1.29 is 9.47 Å². The van der Waals surface area contributed by atoms with Crippen LogP contribution >= 0.6 is 0 Å². The minimum absolute atomic E-state index is 0.892. The average molecular weight is 368 g/mol. The quantitative estimate of drug-likeness (QED) is 0.455. The van der Waals surface area contributed by atoms with Gasteiger partial charge in [0.2, 0.25) is 0 Å². The van der Waals surface area contributed by atoms with Gasteiger partial charge >= 0.3 is 0 Å². The van der Waals surface area contributed by atoms with E-state index in [9.17, 15) is 0 Å². The molecular formula is C24H19O2Si. The normalized spacial score (nSPS) is 12.7. The summed E-state index contributed by atoms with van der Waals surface area (Å²) in [6.07, 6.45) is 0. The molecule has 0 N–H and O–H groups in total. The van der Waals surface area contributed by atoms with Crippen LogP contribution in [0.2, 0.25) is 0 Å². The Morgan fingerprint density at radius 2 is 1.19 bits per heavy atom. The summed E-state index contributed by atoms with van der Waals surface area (Å²) >= 11 is 0. The first kappa shape index (κ1) is 16.2. The van der Waals surface area contributed by atoms with E-state index in [0.717, 1.165) is 11.5 Å². The summed E-state index contributed by atoms with van der Waals surface area (Å²) in [6.45, 7) is 0. The second kappa shape index (κ2) is 6.29. The van der Waals surface area contributed by atoms with Crippen molar-refractivity contribution in [1.82, 2.24) is 0 Å². The maximum atomic E-state index is 5.50. The maximum absolute atomic E-state index is 5.50. The fraction of sp³-hybridized carbons (Fsp3) is 0.0833. The van der Waals surface area contributed by atoms with Gasteiger partial charge in [0.05, 0.1) is 14.2 Å². The van der Waals surface area contributed by atoms with Gasteiger partial charge in [-0.1, -0.05) is 54.6 Å². The molecule has 5 rings (SSSR count). The molecule has 1 aliphatic rings. The van der Waals surface area contributed by atoms with Crippen LogP contribution in [0.4, 0.5) is 0 Å². The van der Waals surface area contributed by atoms with Crippen LogP contribution in [0.3, 0.4) is 0 Å². The Morgan fingerprint density at radius 3 is 1.81 bits per heavy atom. The van der Waals surface area contributed by atoms with Crippen molar-refractivity contribution in [2.24, 2.45) is 0 Å². The number of benzene rings is 4. The van der Waals surface area contributed by atoms with E-state index in [1.807, 2.05) is 0 Å². The van der Waals surface area contributed by atoms with Crippen LogP contribution in [0.15, 0.2) is 78.9 Å². The van der Waals surface area contributed by atoms with E-state index in [1.165, 1.54) is 37.5 Å². The Bertz CT molecular complexity index is 1110. The van der Waals surface area contributed by atoms with Gasteiger partial charge in [-0.05, 0) is 61.7 Å². The Balaban J connectivity index is 1.81. The fourth-order valence-electron chi connectivity index (χ4n) is 4.06. The molecule has 3 heteroatoms. The van der Waals surface area contributed by atoms with E-state index in [-0.39, 0.29) is 0 Å². The molecule has 0 spiro atoms. The van der Waals surface area contributed by atoms with Gasteiger partial charge in [0.1, 0.15) is 11.5 Å². The second-order valence-electron chi connectivity index (χ2n) is 6.72. The lowest BCUT2D eigenvalue weighted by molar-refractivity contribution is 0.414. The summed E-state index contributed by atoms with van der Waals surface area (Å²) in [5, 5.41) is 6.91. The molecule has 4 aromatic carbocycles. The van der Waals surface area contributed by atoms with Crippen molar-refractivity contribution in [2.75, 3.05) is 14.2 Å². The van der Waals surface area contributed by atoms with Crippen LogP contribution in [-0.2, 0) is 0 Å². The number of hydrogen-bond donors (Lipinski definition) is 0. The van der Waals surface area contributed by atoms with E-state index in [1.54, 1.807) is 14.2 Å². The van der Waals surface area contributed by atoms with Crippen LogP contribution in [0.1, 0.15) is 0 Å². The lowest BCUT2D eigenvalue weighted by Crippen LogP contribution is -2.49. The standard InChI is InChI=1S/C24H19O2Si/c1-25-17-10-12-23-20(14-17)21-15-18(26-2)11-13-24(21)27(23)22-9-5-7-16-6-3-4-8-19(16)22/h3-15H,1-2H3. The molecule has 0 unspecified atom stereocenters. The molecule has 27 heavy (non-hydrogen) atoms. The van der Waals surface area contributed by atoms with Crippen molar-refractivity contribution in [3.05, 3.63) is 78.9 Å². The largest absolute Gasteiger partial charge is 0.497 e. The number of hydrogen-bond acceptors (Lipinski definition) is 2. The van der Waals surface area contributed by atoms with Gasteiger partial charge in [-0.3, -0.25) is 0 Å². The molecule has 0 saturated heterocycles. The SMILES string of the molecule is COc1ccc2c(c1)-c1cc(OC)ccc1[Si]2c1cccc2ccccc12. The highest BCUT2D eigenvalue weighted by molar-refractivity contribution is 7.00. The number of fused-ring (bicyclic) bond motifs is 4. The van der Waals surface area contributed by atoms with Gasteiger partial charge in [-0.15, -0.1) is 0 Å². The number of rotatable bonds is 3. The van der Waals surface area contributed by atoms with Gasteiger partial charge in [0.25, 0.3) is 0 Å². The molecule has 0 aliphatic carbocycles. The van der Waals surface area contributed by atoms with Crippen LogP contribution in [-0.4, -0.2) is 23.0 Å². The predicted molar refractivity (Wildman–Crippen MR) is 114 cm³/mol. The summed E-state index contributed by atoms with van der Waals surface area (Å²) in [5.41, 5.74) is 2.54. The number of methoxy groups -OCH3 is 2. The molecule has 0 saturated carbocycles. The van der Waals surface area contributed by atoms with Gasteiger partial charge < -0.3 is 9.47 Å². The van der Waals surface area contributed by atoms with Crippen LogP contribution in [0.5, 0.6) is 11.5 Å². The van der Waals surface area contributed by atoms with Crippen molar-refractivity contribution >= 4 is 35.1 Å². The molecule has 0 fully saturated rings. The van der Waals surface area contributed by atoms with Gasteiger partial charge in [0, 0.05) is 0 Å². The van der Waals surface area contributed by atoms with Crippen molar-refractivity contribution in [3.8, 4) is 22.6 Å². The van der Waals surface area contributed by atoms with E-state index >= 15 is 0 Å². The lowest BCUT2D eigenvalue weighted by atomic mass is 10.1. The second-order valence-corrected chi connectivity index (χ2v) is 9.09. The van der Waals surface area contributed by atoms with Gasteiger partial charge in [-0.2, -0.15) is 0 Å². The molecule has 4 aromatic rings. The Morgan fingerprint density at radius 1 is 0.593 bits per heavy atom. The zero-order valence-corrected chi connectivity index (χ0v) is 16.3. The van der Waals surface area contributed by atoms with Crippen LogP contribution in [0, 0.1) is 0 Å². The molecular weight excluding hydrogens is 348 g/mol. The predicted octanol–water partition coefficient (Wildman–Crippen LogP) is 3.35. The highest BCUT2D eigenvalue weighted by atomic mass is 28.3. The first-order chi connectivity index (χ1) is 13.3. The molecule has 1 heterocycles. The summed E-state index contributed by atoms with van der Waals surface area (Å²) in [6, 6.07) is 28.3. The molecule has 2 nitrogen and oxygen atoms in total. The third kappa shape index (κ3) is 2.46. The maximum Gasteiger partial charge on any atom is 0.156 e. The third-order valence-corrected chi connectivity index (χ3v) is 8.27. The Hall–Kier alpha value is -3.04.